The summed E-state index contributed by atoms with van der Waals surface area (Å²) in [5.74, 6) is 1.66. The molecule has 4 aliphatic rings. The summed E-state index contributed by atoms with van der Waals surface area (Å²) >= 11 is 1.51. The van der Waals surface area contributed by atoms with E-state index >= 15 is 0 Å². The zero-order chi connectivity index (χ0) is 12.2. The van der Waals surface area contributed by atoms with Crippen LogP contribution in [0.1, 0.15) is 38.5 Å². The second-order valence-corrected chi connectivity index (χ2v) is 7.19. The maximum absolute atomic E-state index is 12.0. The van der Waals surface area contributed by atoms with Gasteiger partial charge in [-0.3, -0.25) is 9.79 Å². The van der Waals surface area contributed by atoms with E-state index in [1.165, 1.54) is 37.4 Å². The minimum atomic E-state index is -0.642. The van der Waals surface area contributed by atoms with Crippen LogP contribution in [0.5, 0.6) is 0 Å². The molecule has 1 N–H and O–H groups in total. The van der Waals surface area contributed by atoms with Crippen molar-refractivity contribution in [1.29, 1.82) is 0 Å². The Morgan fingerprint density at radius 1 is 1.39 bits per heavy atom. The van der Waals surface area contributed by atoms with Crippen molar-refractivity contribution in [2.24, 2.45) is 16.8 Å². The second kappa shape index (κ2) is 3.97. The van der Waals surface area contributed by atoms with Crippen LogP contribution in [0.3, 0.4) is 0 Å². The average molecular weight is 266 g/mol. The van der Waals surface area contributed by atoms with E-state index in [4.69, 9.17) is 9.73 Å². The van der Waals surface area contributed by atoms with Crippen molar-refractivity contribution in [2.45, 2.75) is 49.5 Å². The first-order valence-corrected chi connectivity index (χ1v) is 7.79. The van der Waals surface area contributed by atoms with Crippen LogP contribution >= 0.6 is 11.8 Å². The van der Waals surface area contributed by atoms with E-state index in [0.29, 0.717) is 12.6 Å². The fourth-order valence-corrected chi connectivity index (χ4v) is 5.05. The van der Waals surface area contributed by atoms with Crippen LogP contribution in [0, 0.1) is 11.8 Å². The summed E-state index contributed by atoms with van der Waals surface area (Å²) in [6.07, 6.45) is 7.08. The lowest BCUT2D eigenvalue weighted by Crippen LogP contribution is -2.35. The van der Waals surface area contributed by atoms with E-state index in [2.05, 4.69) is 5.32 Å². The lowest BCUT2D eigenvalue weighted by molar-refractivity contribution is -0.130. The molecule has 4 nitrogen and oxygen atoms in total. The summed E-state index contributed by atoms with van der Waals surface area (Å²) < 4.78 is 5.64. The maximum Gasteiger partial charge on any atom is 0.269 e. The van der Waals surface area contributed by atoms with Crippen molar-refractivity contribution in [1.82, 2.24) is 5.32 Å². The average Bonchev–Trinajstić information content (AvgIpc) is 3.06. The third kappa shape index (κ3) is 1.63. The van der Waals surface area contributed by atoms with Gasteiger partial charge in [-0.2, -0.15) is 0 Å². The van der Waals surface area contributed by atoms with Crippen LogP contribution < -0.4 is 5.32 Å². The molecule has 1 spiro atoms. The Balaban J connectivity index is 1.51. The molecule has 2 aliphatic heterocycles. The van der Waals surface area contributed by atoms with Gasteiger partial charge >= 0.3 is 0 Å². The Kier molecular flexibility index (Phi) is 2.49. The van der Waals surface area contributed by atoms with Crippen LogP contribution in [0.15, 0.2) is 4.99 Å². The number of amides is 1. The number of amidine groups is 1. The number of nitrogens with zero attached hydrogens (tertiary/aromatic N) is 1. The van der Waals surface area contributed by atoms with E-state index in [1.54, 1.807) is 0 Å². The summed E-state index contributed by atoms with van der Waals surface area (Å²) in [7, 11) is 0. The third-order valence-corrected chi connectivity index (χ3v) is 6.04. The largest absolute Gasteiger partial charge is 0.354 e. The van der Waals surface area contributed by atoms with Crippen molar-refractivity contribution >= 4 is 22.8 Å². The van der Waals surface area contributed by atoms with E-state index in [1.807, 2.05) is 0 Å². The fourth-order valence-electron chi connectivity index (χ4n) is 3.87. The van der Waals surface area contributed by atoms with Gasteiger partial charge in [0.15, 0.2) is 10.1 Å². The standard InChI is InChI=1S/C13H18N2O2S/c16-11-13(4-1-5-17-13)18-12(15-11)14-10-7-8-2-3-9(10)6-8/h8-10H,1-7H2,(H,14,15,16). The number of aliphatic imine (C=N–C) groups is 1. The highest BCUT2D eigenvalue weighted by atomic mass is 32.2. The summed E-state index contributed by atoms with van der Waals surface area (Å²) in [5, 5.41) is 3.73. The molecule has 98 valence electrons. The number of fused-ring (bicyclic) bond motifs is 2. The molecule has 1 amide bonds. The summed E-state index contributed by atoms with van der Waals surface area (Å²) in [5.41, 5.74) is 0. The van der Waals surface area contributed by atoms with Gasteiger partial charge < -0.3 is 10.1 Å². The molecule has 0 aromatic heterocycles. The summed E-state index contributed by atoms with van der Waals surface area (Å²) in [6.45, 7) is 0.696. The van der Waals surface area contributed by atoms with Crippen molar-refractivity contribution in [2.75, 3.05) is 6.61 Å². The number of carbonyl (C=O) groups excluding carboxylic acids is 1. The highest BCUT2D eigenvalue weighted by Crippen LogP contribution is 2.47. The Hall–Kier alpha value is -0.550. The molecule has 0 radical (unpaired) electrons. The second-order valence-electron chi connectivity index (χ2n) is 5.94. The number of hydrogen-bond donors (Lipinski definition) is 1. The molecule has 4 rings (SSSR count). The lowest BCUT2D eigenvalue weighted by Gasteiger charge is -2.18. The Labute approximate surface area is 111 Å². The summed E-state index contributed by atoms with van der Waals surface area (Å²) in [4.78, 5) is 16.2. The number of carbonyl (C=O) groups is 1. The molecule has 2 aliphatic carbocycles. The minimum Gasteiger partial charge on any atom is -0.354 e. The quantitative estimate of drug-likeness (QED) is 0.788. The monoisotopic (exact) mass is 266 g/mol. The van der Waals surface area contributed by atoms with Crippen molar-refractivity contribution in [3.63, 3.8) is 0 Å². The van der Waals surface area contributed by atoms with E-state index in [-0.39, 0.29) is 5.91 Å². The molecule has 4 atom stereocenters. The van der Waals surface area contributed by atoms with Gasteiger partial charge in [-0.15, -0.1) is 0 Å². The predicted molar refractivity (Wildman–Crippen MR) is 70.3 cm³/mol. The van der Waals surface area contributed by atoms with E-state index < -0.39 is 4.93 Å². The van der Waals surface area contributed by atoms with Gasteiger partial charge in [0.25, 0.3) is 5.91 Å². The zero-order valence-corrected chi connectivity index (χ0v) is 11.2. The number of thioether (sulfide) groups is 1. The fraction of sp³-hybridized carbons (Fsp3) is 0.846. The normalized spacial score (nSPS) is 48.6. The van der Waals surface area contributed by atoms with Gasteiger partial charge in [0.05, 0.1) is 6.04 Å². The Bertz CT molecular complexity index is 417. The third-order valence-electron chi connectivity index (χ3n) is 4.80. The topological polar surface area (TPSA) is 50.7 Å². The van der Waals surface area contributed by atoms with Crippen LogP contribution in [-0.4, -0.2) is 28.7 Å². The summed E-state index contributed by atoms with van der Waals surface area (Å²) in [6, 6.07) is 0.447. The molecule has 2 bridgehead atoms. The first-order valence-electron chi connectivity index (χ1n) is 6.97. The van der Waals surface area contributed by atoms with Crippen molar-refractivity contribution in [3.8, 4) is 0 Å². The first kappa shape index (κ1) is 11.3. The molecule has 0 aromatic rings. The molecule has 4 fully saturated rings. The van der Waals surface area contributed by atoms with Gasteiger partial charge in [0, 0.05) is 6.61 Å². The highest BCUT2D eigenvalue weighted by Gasteiger charge is 2.51. The highest BCUT2D eigenvalue weighted by molar-refractivity contribution is 8.16. The molecule has 2 saturated heterocycles. The predicted octanol–water partition coefficient (Wildman–Crippen LogP) is 1.90. The van der Waals surface area contributed by atoms with Gasteiger partial charge in [0.2, 0.25) is 0 Å². The molecule has 18 heavy (non-hydrogen) atoms. The smallest absolute Gasteiger partial charge is 0.269 e. The molecular weight excluding hydrogens is 248 g/mol. The zero-order valence-electron chi connectivity index (χ0n) is 10.4. The van der Waals surface area contributed by atoms with Crippen LogP contribution in [0.2, 0.25) is 0 Å². The Morgan fingerprint density at radius 3 is 3.00 bits per heavy atom. The molecule has 2 saturated carbocycles. The molecule has 0 aromatic carbocycles. The SMILES string of the molecule is O=C1NC(=NC2CC3CCC2C3)SC12CCCO2. The number of nitrogens with one attached hydrogen (secondary N) is 1. The number of hydrogen-bond acceptors (Lipinski definition) is 4. The van der Waals surface area contributed by atoms with Crippen molar-refractivity contribution < 1.29 is 9.53 Å². The first-order chi connectivity index (χ1) is 8.75. The maximum atomic E-state index is 12.0. The number of ether oxygens (including phenoxy) is 1. The molecule has 2 heterocycles. The van der Waals surface area contributed by atoms with Gasteiger partial charge in [-0.25, -0.2) is 0 Å². The van der Waals surface area contributed by atoms with Gasteiger partial charge in [0.1, 0.15) is 0 Å². The Morgan fingerprint density at radius 2 is 2.33 bits per heavy atom. The van der Waals surface area contributed by atoms with Crippen LogP contribution in [0.25, 0.3) is 0 Å². The molecule has 4 unspecified atom stereocenters. The van der Waals surface area contributed by atoms with E-state index in [9.17, 15) is 4.79 Å². The van der Waals surface area contributed by atoms with E-state index in [0.717, 1.165) is 29.8 Å². The van der Waals surface area contributed by atoms with Crippen LogP contribution in [0.4, 0.5) is 0 Å². The molecule has 5 heteroatoms. The van der Waals surface area contributed by atoms with Gasteiger partial charge in [-0.1, -0.05) is 6.42 Å². The van der Waals surface area contributed by atoms with Crippen molar-refractivity contribution in [3.05, 3.63) is 0 Å². The van der Waals surface area contributed by atoms with Gasteiger partial charge in [-0.05, 0) is 55.7 Å². The van der Waals surface area contributed by atoms with Crippen LogP contribution in [-0.2, 0) is 9.53 Å². The minimum absolute atomic E-state index is 0.00639. The molecular formula is C13H18N2O2S. The lowest BCUT2D eigenvalue weighted by atomic mass is 9.96. The number of rotatable bonds is 1.